The molecule has 0 atom stereocenters. The van der Waals surface area contributed by atoms with Gasteiger partial charge in [-0.2, -0.15) is 0 Å². The van der Waals surface area contributed by atoms with Crippen molar-refractivity contribution in [1.82, 2.24) is 15.1 Å². The van der Waals surface area contributed by atoms with E-state index in [1.807, 2.05) is 0 Å². The SMILES string of the molecule is CC(C)N1CCC2(CC1)CC(CN1CCNCC1)C2. The fraction of sp³-hybridized carbons (Fsp3) is 1.00. The Bertz CT molecular complexity index is 280. The fourth-order valence-electron chi connectivity index (χ4n) is 4.48. The van der Waals surface area contributed by atoms with Gasteiger partial charge >= 0.3 is 0 Å². The summed E-state index contributed by atoms with van der Waals surface area (Å²) in [4.78, 5) is 5.34. The predicted molar refractivity (Wildman–Crippen MR) is 80.4 cm³/mol. The summed E-state index contributed by atoms with van der Waals surface area (Å²) in [5, 5.41) is 3.45. The van der Waals surface area contributed by atoms with Crippen molar-refractivity contribution in [2.75, 3.05) is 45.8 Å². The molecule has 2 heterocycles. The van der Waals surface area contributed by atoms with Crippen LogP contribution in [0.5, 0.6) is 0 Å². The number of hydrogen-bond donors (Lipinski definition) is 1. The summed E-state index contributed by atoms with van der Waals surface area (Å²) in [6, 6.07) is 0.745. The van der Waals surface area contributed by atoms with Gasteiger partial charge in [-0.25, -0.2) is 0 Å². The maximum absolute atomic E-state index is 3.45. The molecule has 3 rings (SSSR count). The number of likely N-dealkylation sites (tertiary alicyclic amines) is 1. The summed E-state index contributed by atoms with van der Waals surface area (Å²) in [6.45, 7) is 13.7. The van der Waals surface area contributed by atoms with Crippen molar-refractivity contribution in [2.45, 2.75) is 45.6 Å². The first-order chi connectivity index (χ1) is 9.17. The van der Waals surface area contributed by atoms with E-state index >= 15 is 0 Å². The van der Waals surface area contributed by atoms with Gasteiger partial charge in [0.05, 0.1) is 0 Å². The van der Waals surface area contributed by atoms with Gasteiger partial charge in [-0.15, -0.1) is 0 Å². The summed E-state index contributed by atoms with van der Waals surface area (Å²) in [5.41, 5.74) is 0.754. The largest absolute Gasteiger partial charge is 0.314 e. The summed E-state index contributed by atoms with van der Waals surface area (Å²) >= 11 is 0. The molecule has 0 bridgehead atoms. The molecular formula is C16H31N3. The molecule has 2 saturated heterocycles. The first-order valence-corrected chi connectivity index (χ1v) is 8.34. The van der Waals surface area contributed by atoms with E-state index in [9.17, 15) is 0 Å². The van der Waals surface area contributed by atoms with E-state index in [2.05, 4.69) is 29.0 Å². The molecular weight excluding hydrogens is 234 g/mol. The molecule has 0 aromatic carbocycles. The quantitative estimate of drug-likeness (QED) is 0.839. The van der Waals surface area contributed by atoms with Crippen LogP contribution < -0.4 is 5.32 Å². The van der Waals surface area contributed by atoms with E-state index in [0.29, 0.717) is 0 Å². The van der Waals surface area contributed by atoms with Crippen LogP contribution in [0.3, 0.4) is 0 Å². The third-order valence-electron chi connectivity index (χ3n) is 5.76. The topological polar surface area (TPSA) is 18.5 Å². The van der Waals surface area contributed by atoms with Crippen LogP contribution in [0.25, 0.3) is 0 Å². The Morgan fingerprint density at radius 3 is 2.26 bits per heavy atom. The molecule has 1 N–H and O–H groups in total. The predicted octanol–water partition coefficient (Wildman–Crippen LogP) is 1.79. The van der Waals surface area contributed by atoms with Gasteiger partial charge in [-0.1, -0.05) is 0 Å². The summed E-state index contributed by atoms with van der Waals surface area (Å²) < 4.78 is 0. The van der Waals surface area contributed by atoms with Crippen molar-refractivity contribution >= 4 is 0 Å². The van der Waals surface area contributed by atoms with E-state index in [4.69, 9.17) is 0 Å². The highest BCUT2D eigenvalue weighted by Gasteiger charge is 2.46. The number of nitrogens with zero attached hydrogens (tertiary/aromatic N) is 2. The lowest BCUT2D eigenvalue weighted by atomic mass is 9.57. The third-order valence-corrected chi connectivity index (χ3v) is 5.76. The molecule has 3 aliphatic rings. The molecule has 0 amide bonds. The second kappa shape index (κ2) is 5.71. The summed E-state index contributed by atoms with van der Waals surface area (Å²) in [6.07, 6.45) is 5.96. The van der Waals surface area contributed by atoms with E-state index < -0.39 is 0 Å². The van der Waals surface area contributed by atoms with Gasteiger partial charge in [0, 0.05) is 38.8 Å². The van der Waals surface area contributed by atoms with Crippen molar-refractivity contribution in [1.29, 1.82) is 0 Å². The van der Waals surface area contributed by atoms with E-state index in [1.165, 1.54) is 71.5 Å². The van der Waals surface area contributed by atoms with E-state index in [0.717, 1.165) is 17.4 Å². The van der Waals surface area contributed by atoms with Crippen molar-refractivity contribution in [3.8, 4) is 0 Å². The Labute approximate surface area is 118 Å². The Hall–Kier alpha value is -0.120. The molecule has 1 aliphatic carbocycles. The molecule has 3 nitrogen and oxygen atoms in total. The average Bonchev–Trinajstić information content (AvgIpc) is 2.39. The Balaban J connectivity index is 1.40. The normalized spacial score (nSPS) is 29.8. The van der Waals surface area contributed by atoms with Gasteiger partial charge in [-0.05, 0) is 64.0 Å². The molecule has 19 heavy (non-hydrogen) atoms. The van der Waals surface area contributed by atoms with Gasteiger partial charge in [0.1, 0.15) is 0 Å². The minimum atomic E-state index is 0.745. The molecule has 0 aromatic rings. The van der Waals surface area contributed by atoms with Crippen molar-refractivity contribution in [3.05, 3.63) is 0 Å². The van der Waals surface area contributed by atoms with Gasteiger partial charge in [0.2, 0.25) is 0 Å². The highest BCUT2D eigenvalue weighted by molar-refractivity contribution is 4.98. The van der Waals surface area contributed by atoms with Crippen molar-refractivity contribution in [3.63, 3.8) is 0 Å². The minimum Gasteiger partial charge on any atom is -0.314 e. The zero-order valence-electron chi connectivity index (χ0n) is 12.8. The number of hydrogen-bond acceptors (Lipinski definition) is 3. The molecule has 2 aliphatic heterocycles. The molecule has 1 spiro atoms. The van der Waals surface area contributed by atoms with Gasteiger partial charge in [0.25, 0.3) is 0 Å². The van der Waals surface area contributed by atoms with Crippen molar-refractivity contribution in [2.24, 2.45) is 11.3 Å². The molecule has 0 unspecified atom stereocenters. The van der Waals surface area contributed by atoms with Gasteiger partial charge < -0.3 is 15.1 Å². The van der Waals surface area contributed by atoms with Crippen molar-refractivity contribution < 1.29 is 0 Å². The second-order valence-electron chi connectivity index (χ2n) is 7.45. The molecule has 1 saturated carbocycles. The minimum absolute atomic E-state index is 0.745. The maximum atomic E-state index is 3.45. The van der Waals surface area contributed by atoms with Crippen LogP contribution in [0, 0.1) is 11.3 Å². The van der Waals surface area contributed by atoms with E-state index in [1.54, 1.807) is 0 Å². The van der Waals surface area contributed by atoms with E-state index in [-0.39, 0.29) is 0 Å². The Kier molecular flexibility index (Phi) is 4.16. The molecule has 3 heteroatoms. The number of nitrogens with one attached hydrogen (secondary N) is 1. The Morgan fingerprint density at radius 2 is 1.68 bits per heavy atom. The van der Waals surface area contributed by atoms with Gasteiger partial charge in [0.15, 0.2) is 0 Å². The third kappa shape index (κ3) is 3.14. The van der Waals surface area contributed by atoms with Gasteiger partial charge in [-0.3, -0.25) is 0 Å². The highest BCUT2D eigenvalue weighted by atomic mass is 15.2. The fourth-order valence-corrected chi connectivity index (χ4v) is 4.48. The summed E-state index contributed by atoms with van der Waals surface area (Å²) in [5.74, 6) is 1.00. The first-order valence-electron chi connectivity index (χ1n) is 8.34. The molecule has 110 valence electrons. The number of piperidine rings is 1. The Morgan fingerprint density at radius 1 is 1.05 bits per heavy atom. The van der Waals surface area contributed by atoms with Crippen LogP contribution in [0.2, 0.25) is 0 Å². The van der Waals surface area contributed by atoms with Crippen LogP contribution in [-0.2, 0) is 0 Å². The van der Waals surface area contributed by atoms with Crippen LogP contribution in [0.4, 0.5) is 0 Å². The zero-order valence-corrected chi connectivity index (χ0v) is 12.8. The monoisotopic (exact) mass is 265 g/mol. The zero-order chi connectivity index (χ0) is 13.3. The lowest BCUT2D eigenvalue weighted by molar-refractivity contribution is -0.0327. The van der Waals surface area contributed by atoms with Crippen LogP contribution in [-0.4, -0.2) is 61.7 Å². The maximum Gasteiger partial charge on any atom is 0.0107 e. The molecule has 0 radical (unpaired) electrons. The van der Waals surface area contributed by atoms with Crippen LogP contribution in [0.1, 0.15) is 39.5 Å². The number of piperazine rings is 1. The standard InChI is InChI=1S/C16H31N3/c1-14(2)19-7-3-16(4-8-19)11-15(12-16)13-18-9-5-17-6-10-18/h14-15,17H,3-13H2,1-2H3. The van der Waals surface area contributed by atoms with Crippen LogP contribution in [0.15, 0.2) is 0 Å². The molecule has 3 fully saturated rings. The average molecular weight is 265 g/mol. The lowest BCUT2D eigenvalue weighted by Crippen LogP contribution is -2.52. The number of rotatable bonds is 3. The lowest BCUT2D eigenvalue weighted by Gasteiger charge is -2.54. The van der Waals surface area contributed by atoms with Crippen LogP contribution >= 0.6 is 0 Å². The highest BCUT2D eigenvalue weighted by Crippen LogP contribution is 2.52. The second-order valence-corrected chi connectivity index (χ2v) is 7.45. The smallest absolute Gasteiger partial charge is 0.0107 e. The summed E-state index contributed by atoms with van der Waals surface area (Å²) in [7, 11) is 0. The first kappa shape index (κ1) is 13.8. The molecule has 0 aromatic heterocycles.